The van der Waals surface area contributed by atoms with Crippen LogP contribution in [0.4, 0.5) is 5.69 Å². The van der Waals surface area contributed by atoms with Crippen LogP contribution in [-0.2, 0) is 0 Å². The van der Waals surface area contributed by atoms with E-state index in [1.807, 2.05) is 0 Å². The second kappa shape index (κ2) is 4.51. The van der Waals surface area contributed by atoms with Crippen LogP contribution in [0.5, 0.6) is 0 Å². The van der Waals surface area contributed by atoms with Crippen LogP contribution in [0.3, 0.4) is 0 Å². The number of nitrogens with one attached hydrogen (secondary N) is 1. The molecule has 0 saturated carbocycles. The summed E-state index contributed by atoms with van der Waals surface area (Å²) in [5.74, 6) is 0.683. The number of nitrogens with zero attached hydrogens (tertiary/aromatic N) is 1. The van der Waals surface area contributed by atoms with Gasteiger partial charge in [-0.2, -0.15) is 0 Å². The number of anilines is 1. The molecule has 0 radical (unpaired) electrons. The van der Waals surface area contributed by atoms with Gasteiger partial charge in [0.25, 0.3) is 0 Å². The highest BCUT2D eigenvalue weighted by Gasteiger charge is 2.47. The molecule has 3 heteroatoms. The first-order valence-electron chi connectivity index (χ1n) is 8.19. The van der Waals surface area contributed by atoms with E-state index in [1.54, 1.807) is 0 Å². The first-order valence-corrected chi connectivity index (χ1v) is 8.19. The topological polar surface area (TPSA) is 35.5 Å². The lowest BCUT2D eigenvalue weighted by Gasteiger charge is -2.49. The fraction of sp³-hybridized carbons (Fsp3) is 0.556. The van der Waals surface area contributed by atoms with Crippen LogP contribution >= 0.6 is 0 Å². The normalized spacial score (nSPS) is 30.9. The number of hydrogen-bond donors (Lipinski definition) is 2. The molecule has 112 valence electrons. The van der Waals surface area contributed by atoms with Gasteiger partial charge in [-0.05, 0) is 36.8 Å². The molecule has 21 heavy (non-hydrogen) atoms. The zero-order valence-corrected chi connectivity index (χ0v) is 12.9. The molecule has 3 aliphatic rings. The van der Waals surface area contributed by atoms with Crippen LogP contribution in [0.1, 0.15) is 44.6 Å². The lowest BCUT2D eigenvalue weighted by Crippen LogP contribution is -2.52. The van der Waals surface area contributed by atoms with Gasteiger partial charge in [0.1, 0.15) is 5.60 Å². The van der Waals surface area contributed by atoms with Crippen LogP contribution in [0.25, 0.3) is 0 Å². The number of piperidine rings is 1. The van der Waals surface area contributed by atoms with Gasteiger partial charge in [0, 0.05) is 30.4 Å². The van der Waals surface area contributed by atoms with E-state index >= 15 is 0 Å². The van der Waals surface area contributed by atoms with Gasteiger partial charge in [-0.1, -0.05) is 32.0 Å². The second-order valence-corrected chi connectivity index (χ2v) is 6.99. The van der Waals surface area contributed by atoms with E-state index in [4.69, 9.17) is 0 Å². The van der Waals surface area contributed by atoms with Crippen molar-refractivity contribution in [1.82, 2.24) is 4.90 Å². The molecule has 0 spiro atoms. The van der Waals surface area contributed by atoms with Gasteiger partial charge in [-0.25, -0.2) is 0 Å². The first kappa shape index (κ1) is 13.2. The summed E-state index contributed by atoms with van der Waals surface area (Å²) in [6.45, 7) is 6.43. The Morgan fingerprint density at radius 2 is 2.10 bits per heavy atom. The Kier molecular flexibility index (Phi) is 2.83. The predicted molar refractivity (Wildman–Crippen MR) is 85.0 cm³/mol. The van der Waals surface area contributed by atoms with E-state index in [-0.39, 0.29) is 5.92 Å². The molecule has 3 heterocycles. The minimum absolute atomic E-state index is 0.243. The number of aliphatic hydroxyl groups is 1. The summed E-state index contributed by atoms with van der Waals surface area (Å²) in [7, 11) is 0. The van der Waals surface area contributed by atoms with E-state index < -0.39 is 5.60 Å². The van der Waals surface area contributed by atoms with E-state index in [1.165, 1.54) is 22.6 Å². The van der Waals surface area contributed by atoms with Gasteiger partial charge < -0.3 is 15.3 Å². The van der Waals surface area contributed by atoms with E-state index in [9.17, 15) is 5.11 Å². The predicted octanol–water partition coefficient (Wildman–Crippen LogP) is 3.29. The van der Waals surface area contributed by atoms with Crippen molar-refractivity contribution in [2.24, 2.45) is 5.92 Å². The van der Waals surface area contributed by atoms with Crippen LogP contribution in [0.15, 0.2) is 35.7 Å². The van der Waals surface area contributed by atoms with Crippen LogP contribution in [0, 0.1) is 5.92 Å². The molecule has 4 rings (SSSR count). The van der Waals surface area contributed by atoms with Gasteiger partial charge in [0.05, 0.1) is 5.70 Å². The molecule has 2 N–H and O–H groups in total. The van der Waals surface area contributed by atoms with E-state index in [2.05, 4.69) is 48.3 Å². The highest BCUT2D eigenvalue weighted by atomic mass is 16.3. The Morgan fingerprint density at radius 1 is 1.29 bits per heavy atom. The second-order valence-electron chi connectivity index (χ2n) is 6.99. The molecule has 0 bridgehead atoms. The van der Waals surface area contributed by atoms with Crippen LogP contribution in [-0.4, -0.2) is 28.7 Å². The van der Waals surface area contributed by atoms with Crippen LogP contribution in [0.2, 0.25) is 0 Å². The molecule has 1 aromatic carbocycles. The zero-order valence-electron chi connectivity index (χ0n) is 12.9. The molecule has 3 aliphatic heterocycles. The highest BCUT2D eigenvalue weighted by molar-refractivity contribution is 5.67. The number of hydrogen-bond acceptors (Lipinski definition) is 3. The Balaban J connectivity index is 1.87. The molecule has 0 aromatic heterocycles. The summed E-state index contributed by atoms with van der Waals surface area (Å²) in [6.07, 6.45) is 3.12. The third kappa shape index (κ3) is 1.76. The van der Waals surface area contributed by atoms with E-state index in [0.717, 1.165) is 32.4 Å². The SMILES string of the molecule is CC(C)[C@]1(O)CCCN2CCC3C(=C21)Nc1ccccc13. The summed E-state index contributed by atoms with van der Waals surface area (Å²) in [5.41, 5.74) is 4.38. The van der Waals surface area contributed by atoms with Crippen molar-refractivity contribution < 1.29 is 5.11 Å². The van der Waals surface area contributed by atoms with Gasteiger partial charge in [0.15, 0.2) is 0 Å². The summed E-state index contributed by atoms with van der Waals surface area (Å²) >= 11 is 0. The van der Waals surface area contributed by atoms with Crippen molar-refractivity contribution >= 4 is 5.69 Å². The number of fused-ring (bicyclic) bond motifs is 4. The number of benzene rings is 1. The molecule has 3 nitrogen and oxygen atoms in total. The average Bonchev–Trinajstić information content (AvgIpc) is 2.85. The fourth-order valence-electron chi connectivity index (χ4n) is 4.34. The molecule has 1 aromatic rings. The smallest absolute Gasteiger partial charge is 0.108 e. The Hall–Kier alpha value is -1.48. The van der Waals surface area contributed by atoms with Crippen molar-refractivity contribution in [2.75, 3.05) is 18.4 Å². The fourth-order valence-corrected chi connectivity index (χ4v) is 4.34. The van der Waals surface area contributed by atoms with Gasteiger partial charge >= 0.3 is 0 Å². The molecule has 1 saturated heterocycles. The van der Waals surface area contributed by atoms with Gasteiger partial charge in [-0.3, -0.25) is 0 Å². The summed E-state index contributed by atoms with van der Waals surface area (Å²) in [4.78, 5) is 2.42. The van der Waals surface area contributed by atoms with E-state index in [0.29, 0.717) is 5.92 Å². The average molecular weight is 284 g/mol. The quantitative estimate of drug-likeness (QED) is 0.830. The van der Waals surface area contributed by atoms with Crippen molar-refractivity contribution in [1.29, 1.82) is 0 Å². The molecule has 1 fully saturated rings. The van der Waals surface area contributed by atoms with Crippen molar-refractivity contribution in [3.05, 3.63) is 41.2 Å². The summed E-state index contributed by atoms with van der Waals surface area (Å²) in [6, 6.07) is 8.59. The molecular weight excluding hydrogens is 260 g/mol. The Bertz CT molecular complexity index is 607. The first-order chi connectivity index (χ1) is 10.1. The van der Waals surface area contributed by atoms with Crippen LogP contribution < -0.4 is 5.32 Å². The molecule has 0 amide bonds. The Morgan fingerprint density at radius 3 is 2.90 bits per heavy atom. The van der Waals surface area contributed by atoms with Gasteiger partial charge in [0.2, 0.25) is 0 Å². The molecular formula is C18H24N2O. The van der Waals surface area contributed by atoms with Crippen molar-refractivity contribution in [3.8, 4) is 0 Å². The number of para-hydroxylation sites is 1. The third-order valence-electron chi connectivity index (χ3n) is 5.56. The number of rotatable bonds is 1. The highest BCUT2D eigenvalue weighted by Crippen LogP contribution is 2.50. The van der Waals surface area contributed by atoms with Crippen molar-refractivity contribution in [3.63, 3.8) is 0 Å². The summed E-state index contributed by atoms with van der Waals surface area (Å²) < 4.78 is 0. The monoisotopic (exact) mass is 284 g/mol. The van der Waals surface area contributed by atoms with Gasteiger partial charge in [-0.15, -0.1) is 0 Å². The maximum Gasteiger partial charge on any atom is 0.108 e. The maximum atomic E-state index is 11.3. The lowest BCUT2D eigenvalue weighted by molar-refractivity contribution is -0.0296. The molecule has 2 atom stereocenters. The largest absolute Gasteiger partial charge is 0.383 e. The minimum Gasteiger partial charge on any atom is -0.383 e. The number of allylic oxidation sites excluding steroid dienone is 1. The molecule has 0 aliphatic carbocycles. The minimum atomic E-state index is -0.679. The Labute approximate surface area is 126 Å². The molecule has 1 unspecified atom stereocenters. The third-order valence-corrected chi connectivity index (χ3v) is 5.56. The lowest BCUT2D eigenvalue weighted by atomic mass is 9.75. The zero-order chi connectivity index (χ0) is 14.6. The standard InChI is InChI=1S/C18H24N2O/c1-12(2)18(21)9-5-10-20-11-8-14-13-6-3-4-7-15(13)19-16(14)17(18)20/h3-4,6-7,12,14,19,21H,5,8-11H2,1-2H3/t14?,18-/m1/s1. The van der Waals surface area contributed by atoms with Crippen molar-refractivity contribution in [2.45, 2.75) is 44.6 Å². The summed E-state index contributed by atoms with van der Waals surface area (Å²) in [5, 5.41) is 15.0. The maximum absolute atomic E-state index is 11.3.